The average molecular weight is 235 g/mol. The number of ether oxygens (including phenoxy) is 1. The van der Waals surface area contributed by atoms with Gasteiger partial charge in [0, 0.05) is 25.0 Å². The van der Waals surface area contributed by atoms with Gasteiger partial charge in [0.25, 0.3) is 0 Å². The van der Waals surface area contributed by atoms with Crippen LogP contribution in [0.25, 0.3) is 0 Å². The van der Waals surface area contributed by atoms with Crippen molar-refractivity contribution in [3.05, 3.63) is 30.1 Å². The fraction of sp³-hybridized carbons (Fsp3) is 0.615. The summed E-state index contributed by atoms with van der Waals surface area (Å²) in [5.41, 5.74) is 4.05. The van der Waals surface area contributed by atoms with Crippen LogP contribution in [0.15, 0.2) is 24.5 Å². The molecule has 0 amide bonds. The zero-order chi connectivity index (χ0) is 12.1. The lowest BCUT2D eigenvalue weighted by Crippen LogP contribution is -2.36. The summed E-state index contributed by atoms with van der Waals surface area (Å²) < 4.78 is 5.56. The molecule has 1 aliphatic rings. The first-order chi connectivity index (χ1) is 8.33. The molecule has 4 heteroatoms. The average Bonchev–Trinajstić information content (AvgIpc) is 2.33. The molecule has 1 atom stereocenters. The van der Waals surface area contributed by atoms with Gasteiger partial charge < -0.3 is 4.74 Å². The molecule has 2 rings (SSSR count). The second kappa shape index (κ2) is 6.10. The molecule has 1 aromatic rings. The van der Waals surface area contributed by atoms with E-state index in [0.29, 0.717) is 12.0 Å². The smallest absolute Gasteiger partial charge is 0.0580 e. The Balaban J connectivity index is 1.82. The Morgan fingerprint density at radius 1 is 1.59 bits per heavy atom. The lowest BCUT2D eigenvalue weighted by atomic mass is 9.77. The number of aromatic nitrogens is 1. The van der Waals surface area contributed by atoms with E-state index in [4.69, 9.17) is 10.6 Å². The Kier molecular flexibility index (Phi) is 4.48. The minimum absolute atomic E-state index is 0.205. The highest BCUT2D eigenvalue weighted by Gasteiger charge is 2.31. The number of nitrogens with two attached hydrogens (primary N) is 1. The Morgan fingerprint density at radius 3 is 3.00 bits per heavy atom. The molecule has 1 fully saturated rings. The van der Waals surface area contributed by atoms with Crippen LogP contribution in [0.4, 0.5) is 0 Å². The van der Waals surface area contributed by atoms with Gasteiger partial charge >= 0.3 is 0 Å². The molecule has 0 aromatic carbocycles. The van der Waals surface area contributed by atoms with E-state index < -0.39 is 0 Å². The maximum absolute atomic E-state index is 5.62. The number of nitrogens with zero attached hydrogens (tertiary/aromatic N) is 1. The van der Waals surface area contributed by atoms with Crippen LogP contribution in [0.1, 0.15) is 37.8 Å². The predicted octanol–water partition coefficient (Wildman–Crippen LogP) is 1.79. The number of rotatable bonds is 6. The number of pyridine rings is 1. The normalized spacial score (nSPS) is 25.3. The fourth-order valence-electron chi connectivity index (χ4n) is 2.45. The first-order valence-corrected chi connectivity index (χ1v) is 6.31. The molecule has 1 saturated carbocycles. The molecular weight excluding hydrogens is 214 g/mol. The minimum Gasteiger partial charge on any atom is -0.378 e. The van der Waals surface area contributed by atoms with E-state index >= 15 is 0 Å². The largest absolute Gasteiger partial charge is 0.378 e. The third-order valence-electron chi connectivity index (χ3n) is 3.45. The first kappa shape index (κ1) is 12.5. The fourth-order valence-corrected chi connectivity index (χ4v) is 2.45. The molecular formula is C13H21N3O. The molecule has 1 unspecified atom stereocenters. The van der Waals surface area contributed by atoms with Crippen LogP contribution in [-0.2, 0) is 4.74 Å². The number of nitrogens with one attached hydrogen (secondary N) is 1. The molecule has 17 heavy (non-hydrogen) atoms. The first-order valence-electron chi connectivity index (χ1n) is 6.31. The lowest BCUT2D eigenvalue weighted by molar-refractivity contribution is -0.0291. The molecule has 3 N–H and O–H groups in total. The third kappa shape index (κ3) is 3.25. The summed E-state index contributed by atoms with van der Waals surface area (Å²) in [5.74, 6) is 6.33. The minimum atomic E-state index is 0.205. The summed E-state index contributed by atoms with van der Waals surface area (Å²) in [5, 5.41) is 0. The highest BCUT2D eigenvalue weighted by atomic mass is 16.5. The van der Waals surface area contributed by atoms with Crippen molar-refractivity contribution in [3.8, 4) is 0 Å². The number of hydrogen-bond acceptors (Lipinski definition) is 4. The van der Waals surface area contributed by atoms with E-state index in [-0.39, 0.29) is 6.04 Å². The van der Waals surface area contributed by atoms with Crippen molar-refractivity contribution >= 4 is 0 Å². The zero-order valence-electron chi connectivity index (χ0n) is 10.3. The topological polar surface area (TPSA) is 60.2 Å². The summed E-state index contributed by atoms with van der Waals surface area (Å²) in [4.78, 5) is 4.13. The van der Waals surface area contributed by atoms with Crippen molar-refractivity contribution in [1.82, 2.24) is 10.4 Å². The van der Waals surface area contributed by atoms with Crippen LogP contribution in [-0.4, -0.2) is 17.7 Å². The molecule has 0 saturated heterocycles. The van der Waals surface area contributed by atoms with Crippen LogP contribution in [0, 0.1) is 5.92 Å². The number of hydrazine groups is 1. The van der Waals surface area contributed by atoms with Crippen molar-refractivity contribution in [2.75, 3.05) is 6.61 Å². The Labute approximate surface area is 103 Å². The van der Waals surface area contributed by atoms with Gasteiger partial charge in [-0.1, -0.05) is 6.07 Å². The SMILES string of the molecule is CCOC1CC(CC(NN)c2cccnc2)C1. The summed E-state index contributed by atoms with van der Waals surface area (Å²) in [6.45, 7) is 2.87. The van der Waals surface area contributed by atoms with Crippen LogP contribution >= 0.6 is 0 Å². The third-order valence-corrected chi connectivity index (χ3v) is 3.45. The standard InChI is InChI=1S/C13H21N3O/c1-2-17-12-6-10(7-12)8-13(16-14)11-4-3-5-15-9-11/h3-5,9-10,12-13,16H,2,6-8,14H2,1H3. The lowest BCUT2D eigenvalue weighted by Gasteiger charge is -2.36. The molecule has 0 radical (unpaired) electrons. The van der Waals surface area contributed by atoms with Gasteiger partial charge in [-0.2, -0.15) is 0 Å². The molecule has 1 heterocycles. The molecule has 4 nitrogen and oxygen atoms in total. The molecule has 1 aromatic heterocycles. The second-order valence-electron chi connectivity index (χ2n) is 4.66. The van der Waals surface area contributed by atoms with E-state index in [1.54, 1.807) is 6.20 Å². The maximum Gasteiger partial charge on any atom is 0.0580 e. The van der Waals surface area contributed by atoms with Gasteiger partial charge in [-0.15, -0.1) is 0 Å². The quantitative estimate of drug-likeness (QED) is 0.583. The van der Waals surface area contributed by atoms with Crippen LogP contribution in [0.5, 0.6) is 0 Å². The van der Waals surface area contributed by atoms with Crippen molar-refractivity contribution in [3.63, 3.8) is 0 Å². The Morgan fingerprint density at radius 2 is 2.41 bits per heavy atom. The van der Waals surface area contributed by atoms with E-state index in [0.717, 1.165) is 31.4 Å². The predicted molar refractivity (Wildman–Crippen MR) is 67.1 cm³/mol. The van der Waals surface area contributed by atoms with Crippen LogP contribution < -0.4 is 11.3 Å². The highest BCUT2D eigenvalue weighted by molar-refractivity contribution is 5.13. The van der Waals surface area contributed by atoms with E-state index in [1.807, 2.05) is 19.2 Å². The number of hydrogen-bond donors (Lipinski definition) is 2. The van der Waals surface area contributed by atoms with Gasteiger partial charge in [0.1, 0.15) is 0 Å². The Hall–Kier alpha value is -0.970. The zero-order valence-corrected chi connectivity index (χ0v) is 10.3. The van der Waals surface area contributed by atoms with Gasteiger partial charge in [0.05, 0.1) is 6.10 Å². The van der Waals surface area contributed by atoms with Crippen molar-refractivity contribution in [2.24, 2.45) is 11.8 Å². The molecule has 94 valence electrons. The summed E-state index contributed by atoms with van der Waals surface area (Å²) in [6.07, 6.45) is 7.51. The van der Waals surface area contributed by atoms with E-state index in [2.05, 4.69) is 16.5 Å². The van der Waals surface area contributed by atoms with Crippen molar-refractivity contribution in [2.45, 2.75) is 38.3 Å². The molecule has 0 spiro atoms. The second-order valence-corrected chi connectivity index (χ2v) is 4.66. The Bertz CT molecular complexity index is 325. The van der Waals surface area contributed by atoms with Gasteiger partial charge in [-0.05, 0) is 43.7 Å². The van der Waals surface area contributed by atoms with Crippen molar-refractivity contribution in [1.29, 1.82) is 0 Å². The van der Waals surface area contributed by atoms with Gasteiger partial charge in [-0.25, -0.2) is 0 Å². The van der Waals surface area contributed by atoms with Crippen LogP contribution in [0.3, 0.4) is 0 Å². The highest BCUT2D eigenvalue weighted by Crippen LogP contribution is 2.36. The monoisotopic (exact) mass is 235 g/mol. The van der Waals surface area contributed by atoms with Crippen molar-refractivity contribution < 1.29 is 4.74 Å². The summed E-state index contributed by atoms with van der Waals surface area (Å²) >= 11 is 0. The summed E-state index contributed by atoms with van der Waals surface area (Å²) in [7, 11) is 0. The van der Waals surface area contributed by atoms with Gasteiger partial charge in [0.15, 0.2) is 0 Å². The maximum atomic E-state index is 5.62. The molecule has 1 aliphatic carbocycles. The van der Waals surface area contributed by atoms with Crippen LogP contribution in [0.2, 0.25) is 0 Å². The summed E-state index contributed by atoms with van der Waals surface area (Å²) in [6, 6.07) is 4.22. The molecule has 0 aliphatic heterocycles. The van der Waals surface area contributed by atoms with Gasteiger partial charge in [0.2, 0.25) is 0 Å². The van der Waals surface area contributed by atoms with E-state index in [1.165, 1.54) is 0 Å². The van der Waals surface area contributed by atoms with E-state index in [9.17, 15) is 0 Å². The molecule has 0 bridgehead atoms. The van der Waals surface area contributed by atoms with Gasteiger partial charge in [-0.3, -0.25) is 16.3 Å².